The lowest BCUT2D eigenvalue weighted by molar-refractivity contribution is -0.136. The summed E-state index contributed by atoms with van der Waals surface area (Å²) in [4.78, 5) is 72.8. The van der Waals surface area contributed by atoms with E-state index in [9.17, 15) is 23.6 Å². The minimum atomic E-state index is -1.06. The molecule has 4 amide bonds. The number of carbonyl (C=O) groups excluding carboxylic acids is 4. The molecule has 0 unspecified atom stereocenters. The fourth-order valence-electron chi connectivity index (χ4n) is 9.10. The first-order valence-electron chi connectivity index (χ1n) is 21.1. The molecule has 2 saturated heterocycles. The number of ether oxygens (including phenoxy) is 2. The van der Waals surface area contributed by atoms with E-state index in [0.717, 1.165) is 77.8 Å². The van der Waals surface area contributed by atoms with Crippen LogP contribution in [0.4, 0.5) is 14.0 Å². The molecule has 4 atom stereocenters. The highest BCUT2D eigenvalue weighted by Crippen LogP contribution is 2.59. The van der Waals surface area contributed by atoms with Crippen molar-refractivity contribution in [2.24, 2.45) is 16.7 Å². The van der Waals surface area contributed by atoms with Gasteiger partial charge in [-0.15, -0.1) is 0 Å². The summed E-state index contributed by atoms with van der Waals surface area (Å²) in [7, 11) is 2.53. The van der Waals surface area contributed by atoms with Crippen molar-refractivity contribution >= 4 is 35.0 Å². The summed E-state index contributed by atoms with van der Waals surface area (Å²) in [6.45, 7) is 4.99. The Morgan fingerprint density at radius 3 is 2.00 bits per heavy atom. The summed E-state index contributed by atoms with van der Waals surface area (Å²) in [6.07, 6.45) is 6.12. The van der Waals surface area contributed by atoms with Crippen molar-refractivity contribution in [2.75, 3.05) is 27.3 Å². The second kappa shape index (κ2) is 16.0. The molecule has 0 radical (unpaired) electrons. The molecule has 4 aliphatic rings. The monoisotopic (exact) mass is 840 g/mol. The number of carbonyl (C=O) groups is 4. The summed E-state index contributed by atoms with van der Waals surface area (Å²) >= 11 is 0. The van der Waals surface area contributed by atoms with Crippen molar-refractivity contribution in [1.29, 1.82) is 0 Å². The number of methoxy groups -OCH3 is 2. The zero-order valence-electron chi connectivity index (χ0n) is 35.1. The third-order valence-corrected chi connectivity index (χ3v) is 13.1. The molecule has 9 rings (SSSR count). The topological polar surface area (TPSA) is 175 Å². The first-order chi connectivity index (χ1) is 29.8. The SMILES string of the molecule is COC(=O)N[C@H](C(=O)N1CC2(CC2)C[C@H]1c1ncc(-c2ccc(C#Cc3ccc4nc([C@@H]5CC6(CC6)CN5C(=O)[C@H](NC(=O)OC)c5ccc(F)cc5)[nH]c4c3)cc2)[nH]1)C(C)C. The van der Waals surface area contributed by atoms with Crippen LogP contribution in [0.1, 0.15) is 98.8 Å². The number of hydrogen-bond donors (Lipinski definition) is 4. The number of aromatic nitrogens is 4. The number of rotatable bonds is 9. The molecule has 15 heteroatoms. The molecule has 4 heterocycles. The van der Waals surface area contributed by atoms with Gasteiger partial charge in [-0.3, -0.25) is 9.59 Å². The fourth-order valence-corrected chi connectivity index (χ4v) is 9.10. The van der Waals surface area contributed by atoms with E-state index >= 15 is 0 Å². The van der Waals surface area contributed by atoms with Gasteiger partial charge in [-0.05, 0) is 109 Å². The second-order valence-electron chi connectivity index (χ2n) is 17.7. The summed E-state index contributed by atoms with van der Waals surface area (Å²) in [6, 6.07) is 16.9. The normalized spacial score (nSPS) is 20.2. The Morgan fingerprint density at radius 1 is 0.774 bits per heavy atom. The highest BCUT2D eigenvalue weighted by atomic mass is 19.1. The number of fused-ring (bicyclic) bond motifs is 1. The number of likely N-dealkylation sites (tertiary alicyclic amines) is 2. The van der Waals surface area contributed by atoms with Gasteiger partial charge in [0.1, 0.15) is 29.5 Å². The van der Waals surface area contributed by atoms with Gasteiger partial charge in [0.25, 0.3) is 5.91 Å². The number of nitrogens with zero attached hydrogens (tertiary/aromatic N) is 4. The van der Waals surface area contributed by atoms with Gasteiger partial charge in [0.2, 0.25) is 5.91 Å². The molecule has 62 heavy (non-hydrogen) atoms. The maximum absolute atomic E-state index is 14.2. The van der Waals surface area contributed by atoms with Crippen LogP contribution in [0.3, 0.4) is 0 Å². The smallest absolute Gasteiger partial charge is 0.407 e. The lowest BCUT2D eigenvalue weighted by atomic mass is 10.0. The summed E-state index contributed by atoms with van der Waals surface area (Å²) in [5, 5.41) is 5.39. The van der Waals surface area contributed by atoms with Gasteiger partial charge in [-0.2, -0.15) is 0 Å². The summed E-state index contributed by atoms with van der Waals surface area (Å²) in [5.41, 5.74) is 5.47. The second-order valence-corrected chi connectivity index (χ2v) is 17.7. The van der Waals surface area contributed by atoms with E-state index < -0.39 is 30.1 Å². The molecular formula is C47H49FN8O6. The van der Waals surface area contributed by atoms with Gasteiger partial charge in [0.05, 0.1) is 49.2 Å². The van der Waals surface area contributed by atoms with Crippen LogP contribution in [-0.2, 0) is 19.1 Å². The number of imidazole rings is 2. The molecule has 0 bridgehead atoms. The maximum Gasteiger partial charge on any atom is 0.407 e. The molecular weight excluding hydrogens is 792 g/mol. The van der Waals surface area contributed by atoms with E-state index in [1.165, 1.54) is 38.5 Å². The summed E-state index contributed by atoms with van der Waals surface area (Å²) < 4.78 is 23.4. The molecule has 2 aliphatic carbocycles. The summed E-state index contributed by atoms with van der Waals surface area (Å²) in [5.74, 6) is 6.92. The Hall–Kier alpha value is -6.69. The number of H-pyrrole nitrogens is 2. The number of hydrogen-bond acceptors (Lipinski definition) is 8. The van der Waals surface area contributed by atoms with Gasteiger partial charge >= 0.3 is 12.2 Å². The van der Waals surface area contributed by atoms with Crippen LogP contribution in [-0.4, -0.2) is 87.1 Å². The molecule has 14 nitrogen and oxygen atoms in total. The first-order valence-corrected chi connectivity index (χ1v) is 21.1. The maximum atomic E-state index is 14.2. The highest BCUT2D eigenvalue weighted by Gasteiger charge is 2.56. The number of benzene rings is 3. The Labute approximate surface area is 358 Å². The standard InChI is InChI=1S/C47H49FN8O6/c1-27(2)38(53-44(59)61-3)42(57)55-25-46(17-18-46)22-36(55)40-49-24-35(52-40)30-10-7-28(8-11-30)5-6-29-9-16-33-34(21-29)51-41(50-33)37-23-47(19-20-47)26-56(37)43(58)39(54-45(60)62-4)31-12-14-32(48)15-13-31/h7-16,21,24,27,36-39H,17-20,22-23,25-26H2,1-4H3,(H,49,52)(H,50,51)(H,53,59)(H,54,60)/t36-,37-,38-,39+/m0/s1. The Kier molecular flexibility index (Phi) is 10.5. The van der Waals surface area contributed by atoms with E-state index in [2.05, 4.69) is 32.4 Å². The minimum absolute atomic E-state index is 0.00377. The van der Waals surface area contributed by atoms with Gasteiger partial charge < -0.3 is 39.9 Å². The lowest BCUT2D eigenvalue weighted by Gasteiger charge is -2.30. The number of nitrogens with one attached hydrogen (secondary N) is 4. The zero-order valence-corrected chi connectivity index (χ0v) is 35.1. The molecule has 2 aromatic heterocycles. The van der Waals surface area contributed by atoms with Crippen molar-refractivity contribution < 1.29 is 33.0 Å². The third kappa shape index (κ3) is 8.09. The molecule has 4 N–H and O–H groups in total. The van der Waals surface area contributed by atoms with Crippen LogP contribution < -0.4 is 10.6 Å². The van der Waals surface area contributed by atoms with E-state index in [1.807, 2.05) is 61.2 Å². The molecule has 320 valence electrons. The Bertz CT molecular complexity index is 2600. The van der Waals surface area contributed by atoms with E-state index in [-0.39, 0.29) is 40.6 Å². The Balaban J connectivity index is 0.897. The van der Waals surface area contributed by atoms with Gasteiger partial charge in [-0.25, -0.2) is 23.9 Å². The Morgan fingerprint density at radius 2 is 1.37 bits per heavy atom. The van der Waals surface area contributed by atoms with E-state index in [1.54, 1.807) is 11.1 Å². The largest absolute Gasteiger partial charge is 0.453 e. The number of aromatic amines is 2. The number of halogens is 1. The van der Waals surface area contributed by atoms with Crippen molar-refractivity contribution in [3.05, 3.63) is 107 Å². The van der Waals surface area contributed by atoms with E-state index in [4.69, 9.17) is 19.4 Å². The van der Waals surface area contributed by atoms with Gasteiger partial charge in [0.15, 0.2) is 0 Å². The van der Waals surface area contributed by atoms with Crippen LogP contribution in [0.2, 0.25) is 0 Å². The predicted octanol–water partition coefficient (Wildman–Crippen LogP) is 7.08. The first kappa shape index (κ1) is 40.7. The molecule has 2 saturated carbocycles. The molecule has 2 spiro atoms. The van der Waals surface area contributed by atoms with Crippen LogP contribution in [0.15, 0.2) is 72.9 Å². The number of alkyl carbamates (subject to hydrolysis) is 2. The van der Waals surface area contributed by atoms with Crippen LogP contribution in [0.25, 0.3) is 22.3 Å². The van der Waals surface area contributed by atoms with E-state index in [0.29, 0.717) is 24.5 Å². The van der Waals surface area contributed by atoms with Crippen molar-refractivity contribution in [1.82, 2.24) is 40.4 Å². The molecule has 5 aromatic rings. The average molecular weight is 841 g/mol. The highest BCUT2D eigenvalue weighted by molar-refractivity contribution is 5.88. The molecule has 4 fully saturated rings. The lowest BCUT2D eigenvalue weighted by Crippen LogP contribution is -2.51. The minimum Gasteiger partial charge on any atom is -0.453 e. The third-order valence-electron chi connectivity index (χ3n) is 13.1. The average Bonchev–Trinajstić information content (AvgIpc) is 3.89. The van der Waals surface area contributed by atoms with Gasteiger partial charge in [0, 0.05) is 24.2 Å². The number of amides is 4. The molecule has 3 aromatic carbocycles. The molecule has 2 aliphatic heterocycles. The van der Waals surface area contributed by atoms with Crippen molar-refractivity contribution in [3.63, 3.8) is 0 Å². The van der Waals surface area contributed by atoms with Crippen LogP contribution in [0, 0.1) is 34.4 Å². The van der Waals surface area contributed by atoms with Crippen molar-refractivity contribution in [2.45, 2.75) is 76.5 Å². The van der Waals surface area contributed by atoms with Crippen LogP contribution >= 0.6 is 0 Å². The van der Waals surface area contributed by atoms with Crippen LogP contribution in [0.5, 0.6) is 0 Å². The van der Waals surface area contributed by atoms with Gasteiger partial charge in [-0.1, -0.05) is 50.0 Å². The zero-order chi connectivity index (χ0) is 43.3. The quantitative estimate of drug-likeness (QED) is 0.114. The predicted molar refractivity (Wildman–Crippen MR) is 226 cm³/mol. The fraction of sp³-hybridized carbons (Fsp3) is 0.404. The van der Waals surface area contributed by atoms with Crippen molar-refractivity contribution in [3.8, 4) is 23.1 Å².